The summed E-state index contributed by atoms with van der Waals surface area (Å²) in [6.45, 7) is 0.220. The topological polar surface area (TPSA) is 95.5 Å². The third-order valence-electron chi connectivity index (χ3n) is 4.88. The monoisotopic (exact) mass is 419 g/mol. The molecule has 3 aromatic rings. The first-order valence-electron chi connectivity index (χ1n) is 9.95. The third kappa shape index (κ3) is 6.30. The van der Waals surface area contributed by atoms with Crippen LogP contribution in [0.3, 0.4) is 0 Å². The summed E-state index contributed by atoms with van der Waals surface area (Å²) in [6, 6.07) is 15.6. The summed E-state index contributed by atoms with van der Waals surface area (Å²) in [4.78, 5) is 33.8. The van der Waals surface area contributed by atoms with Crippen molar-refractivity contribution < 1.29 is 19.4 Å². The molecule has 1 aromatic heterocycles. The fourth-order valence-corrected chi connectivity index (χ4v) is 3.05. The summed E-state index contributed by atoms with van der Waals surface area (Å²) in [5, 5.41) is 9.86. The van der Waals surface area contributed by atoms with E-state index < -0.39 is 12.0 Å². The average Bonchev–Trinajstić information content (AvgIpc) is 3.30. The summed E-state index contributed by atoms with van der Waals surface area (Å²) in [7, 11) is 1.55. The fraction of sp³-hybridized carbons (Fsp3) is 0.208. The molecule has 0 saturated carbocycles. The molecule has 7 heteroatoms. The fourth-order valence-electron chi connectivity index (χ4n) is 3.05. The van der Waals surface area contributed by atoms with Crippen molar-refractivity contribution in [3.63, 3.8) is 0 Å². The molecular formula is C24H25N3O4. The van der Waals surface area contributed by atoms with Crippen molar-refractivity contribution in [1.82, 2.24) is 14.9 Å². The predicted molar refractivity (Wildman–Crippen MR) is 117 cm³/mol. The van der Waals surface area contributed by atoms with Crippen molar-refractivity contribution >= 4 is 18.0 Å². The Labute approximate surface area is 181 Å². The minimum atomic E-state index is -0.822. The molecule has 160 valence electrons. The number of aromatic amines is 1. The van der Waals surface area contributed by atoms with Gasteiger partial charge in [0.1, 0.15) is 11.8 Å². The van der Waals surface area contributed by atoms with Crippen molar-refractivity contribution in [2.75, 3.05) is 13.7 Å². The van der Waals surface area contributed by atoms with E-state index in [2.05, 4.69) is 9.97 Å². The Morgan fingerprint density at radius 3 is 2.61 bits per heavy atom. The van der Waals surface area contributed by atoms with Crippen molar-refractivity contribution in [1.29, 1.82) is 0 Å². The van der Waals surface area contributed by atoms with E-state index in [0.717, 1.165) is 5.56 Å². The van der Waals surface area contributed by atoms with Gasteiger partial charge in [-0.3, -0.25) is 4.79 Å². The van der Waals surface area contributed by atoms with Crippen LogP contribution in [0.2, 0.25) is 0 Å². The number of ether oxygens (including phenoxy) is 1. The number of hydrogen-bond acceptors (Lipinski definition) is 5. The average molecular weight is 419 g/mol. The number of phenolic OH excluding ortho intramolecular Hbond substituents is 1. The molecule has 2 aromatic carbocycles. The number of carbonyl (C=O) groups is 2. The summed E-state index contributed by atoms with van der Waals surface area (Å²) in [5.74, 6) is -0.798. The Balaban J connectivity index is 1.67. The van der Waals surface area contributed by atoms with Crippen molar-refractivity contribution in [3.8, 4) is 5.75 Å². The van der Waals surface area contributed by atoms with E-state index in [-0.39, 0.29) is 24.7 Å². The van der Waals surface area contributed by atoms with Crippen LogP contribution in [0.15, 0.2) is 73.2 Å². The molecule has 2 N–H and O–H groups in total. The molecule has 0 fully saturated rings. The Bertz CT molecular complexity index is 1020. The highest BCUT2D eigenvalue weighted by atomic mass is 16.5. The zero-order chi connectivity index (χ0) is 22.1. The molecule has 1 amide bonds. The summed E-state index contributed by atoms with van der Waals surface area (Å²) in [5.41, 5.74) is 2.30. The van der Waals surface area contributed by atoms with Gasteiger partial charge in [0.05, 0.1) is 12.9 Å². The van der Waals surface area contributed by atoms with Gasteiger partial charge >= 0.3 is 5.97 Å². The molecule has 7 nitrogen and oxygen atoms in total. The highest BCUT2D eigenvalue weighted by Crippen LogP contribution is 2.17. The molecular weight excluding hydrogens is 394 g/mol. The van der Waals surface area contributed by atoms with Gasteiger partial charge in [0.25, 0.3) is 0 Å². The highest BCUT2D eigenvalue weighted by molar-refractivity contribution is 5.94. The lowest BCUT2D eigenvalue weighted by molar-refractivity contribution is -0.152. The van der Waals surface area contributed by atoms with Crippen LogP contribution >= 0.6 is 0 Å². The Kier molecular flexibility index (Phi) is 7.59. The summed E-state index contributed by atoms with van der Waals surface area (Å²) >= 11 is 0. The molecule has 0 unspecified atom stereocenters. The molecule has 3 rings (SSSR count). The van der Waals surface area contributed by atoms with Crippen molar-refractivity contribution in [2.24, 2.45) is 0 Å². The SMILES string of the molecule is CN(C(=O)C=Cc1ccccc1O)[C@@H](Cc1cnc[nH]1)C(=O)OCCc1ccccc1. The van der Waals surface area contributed by atoms with Crippen LogP contribution < -0.4 is 0 Å². The van der Waals surface area contributed by atoms with Gasteiger partial charge in [0.15, 0.2) is 0 Å². The maximum absolute atomic E-state index is 12.8. The van der Waals surface area contributed by atoms with Crippen LogP contribution in [-0.2, 0) is 27.2 Å². The van der Waals surface area contributed by atoms with Gasteiger partial charge in [-0.05, 0) is 17.7 Å². The molecule has 31 heavy (non-hydrogen) atoms. The number of imidazole rings is 1. The molecule has 0 spiro atoms. The van der Waals surface area contributed by atoms with E-state index in [1.165, 1.54) is 23.4 Å². The number of phenols is 1. The number of nitrogens with one attached hydrogen (secondary N) is 1. The number of rotatable bonds is 9. The second kappa shape index (κ2) is 10.8. The lowest BCUT2D eigenvalue weighted by Crippen LogP contribution is -2.44. The normalized spacial score (nSPS) is 11.9. The molecule has 0 aliphatic carbocycles. The smallest absolute Gasteiger partial charge is 0.329 e. The van der Waals surface area contributed by atoms with E-state index in [1.807, 2.05) is 30.3 Å². The second-order valence-corrected chi connectivity index (χ2v) is 7.04. The maximum Gasteiger partial charge on any atom is 0.329 e. The number of esters is 1. The zero-order valence-electron chi connectivity index (χ0n) is 17.3. The highest BCUT2D eigenvalue weighted by Gasteiger charge is 2.28. The predicted octanol–water partition coefficient (Wildman–Crippen LogP) is 2.98. The van der Waals surface area contributed by atoms with Gasteiger partial charge in [-0.25, -0.2) is 9.78 Å². The van der Waals surface area contributed by atoms with E-state index in [4.69, 9.17) is 4.74 Å². The zero-order valence-corrected chi connectivity index (χ0v) is 17.3. The van der Waals surface area contributed by atoms with Crippen LogP contribution in [0.5, 0.6) is 5.75 Å². The number of nitrogens with zero attached hydrogens (tertiary/aromatic N) is 2. The number of hydrogen-bond donors (Lipinski definition) is 2. The minimum Gasteiger partial charge on any atom is -0.507 e. The summed E-state index contributed by atoms with van der Waals surface area (Å²) in [6.07, 6.45) is 6.81. The third-order valence-corrected chi connectivity index (χ3v) is 4.88. The first-order chi connectivity index (χ1) is 15.0. The van der Waals surface area contributed by atoms with Crippen LogP contribution in [0, 0.1) is 0 Å². The Morgan fingerprint density at radius 1 is 1.16 bits per heavy atom. The number of likely N-dealkylation sites (N-methyl/N-ethyl adjacent to an activating group) is 1. The second-order valence-electron chi connectivity index (χ2n) is 7.04. The molecule has 1 heterocycles. The van der Waals surface area contributed by atoms with Crippen molar-refractivity contribution in [2.45, 2.75) is 18.9 Å². The van der Waals surface area contributed by atoms with E-state index >= 15 is 0 Å². The van der Waals surface area contributed by atoms with Gasteiger partial charge < -0.3 is 19.7 Å². The van der Waals surface area contributed by atoms with Gasteiger partial charge in [-0.2, -0.15) is 0 Å². The van der Waals surface area contributed by atoms with Gasteiger partial charge in [-0.1, -0.05) is 48.5 Å². The molecule has 0 radical (unpaired) electrons. The lowest BCUT2D eigenvalue weighted by Gasteiger charge is -2.25. The molecule has 0 bridgehead atoms. The molecule has 0 aliphatic rings. The number of aromatic hydroxyl groups is 1. The standard InChI is InChI=1S/C24H25N3O4/c1-27(23(29)12-11-19-9-5-6-10-22(19)28)21(15-20-16-25-17-26-20)24(30)31-14-13-18-7-3-2-4-8-18/h2-12,16-17,21,28H,13-15H2,1H3,(H,25,26)/t21-/m0/s1. The number of amides is 1. The number of carbonyl (C=O) groups excluding carboxylic acids is 2. The van der Waals surface area contributed by atoms with Crippen LogP contribution in [-0.4, -0.2) is 51.5 Å². The summed E-state index contributed by atoms with van der Waals surface area (Å²) < 4.78 is 5.48. The van der Waals surface area contributed by atoms with Crippen LogP contribution in [0.1, 0.15) is 16.8 Å². The molecule has 0 saturated heterocycles. The van der Waals surface area contributed by atoms with Gasteiger partial charge in [0.2, 0.25) is 5.91 Å². The lowest BCUT2D eigenvalue weighted by atomic mass is 10.1. The maximum atomic E-state index is 12.8. The number of H-pyrrole nitrogens is 1. The van der Waals surface area contributed by atoms with Gasteiger partial charge in [-0.15, -0.1) is 0 Å². The first kappa shape index (κ1) is 21.8. The number of benzene rings is 2. The Morgan fingerprint density at radius 2 is 1.90 bits per heavy atom. The molecule has 1 atom stereocenters. The van der Waals surface area contributed by atoms with Crippen LogP contribution in [0.25, 0.3) is 6.08 Å². The van der Waals surface area contributed by atoms with E-state index in [1.54, 1.807) is 37.5 Å². The minimum absolute atomic E-state index is 0.0727. The number of aromatic nitrogens is 2. The van der Waals surface area contributed by atoms with Gasteiger partial charge in [0, 0.05) is 43.4 Å². The quantitative estimate of drug-likeness (QED) is 0.411. The molecule has 0 aliphatic heterocycles. The van der Waals surface area contributed by atoms with Crippen molar-refractivity contribution in [3.05, 3.63) is 90.0 Å². The largest absolute Gasteiger partial charge is 0.507 e. The number of para-hydroxylation sites is 1. The van der Waals surface area contributed by atoms with Crippen LogP contribution in [0.4, 0.5) is 0 Å². The Hall–Kier alpha value is -3.87. The first-order valence-corrected chi connectivity index (χ1v) is 9.95. The van der Waals surface area contributed by atoms with E-state index in [0.29, 0.717) is 17.7 Å². The van der Waals surface area contributed by atoms with E-state index in [9.17, 15) is 14.7 Å².